The van der Waals surface area contributed by atoms with E-state index in [9.17, 15) is 16.8 Å². The molecule has 8 nitrogen and oxygen atoms in total. The van der Waals surface area contributed by atoms with Crippen molar-refractivity contribution in [2.75, 3.05) is 52.5 Å². The fourth-order valence-corrected chi connectivity index (χ4v) is 6.55. The fourth-order valence-electron chi connectivity index (χ4n) is 4.12. The molecule has 0 aromatic heterocycles. The van der Waals surface area contributed by atoms with Crippen molar-refractivity contribution in [2.24, 2.45) is 11.8 Å². The lowest BCUT2D eigenvalue weighted by molar-refractivity contribution is 0.0730. The van der Waals surface area contributed by atoms with Crippen LogP contribution in [0, 0.1) is 11.8 Å². The third-order valence-electron chi connectivity index (χ3n) is 5.41. The maximum absolute atomic E-state index is 12.6. The van der Waals surface area contributed by atoms with Gasteiger partial charge >= 0.3 is 0 Å². The average Bonchev–Trinajstić information content (AvgIpc) is 2.68. The summed E-state index contributed by atoms with van der Waals surface area (Å²) in [6.07, 6.45) is 1.21. The highest BCUT2D eigenvalue weighted by molar-refractivity contribution is 7.89. The van der Waals surface area contributed by atoms with Gasteiger partial charge in [0.25, 0.3) is 0 Å². The molecule has 2 aliphatic heterocycles. The number of likely N-dealkylation sites (tertiary alicyclic amines) is 1. The maximum atomic E-state index is 12.6. The molecule has 164 valence electrons. The number of sulfonamides is 2. The number of hydrogen-bond donors (Lipinski definition) is 1. The summed E-state index contributed by atoms with van der Waals surface area (Å²) in [6, 6.07) is 5.40. The summed E-state index contributed by atoms with van der Waals surface area (Å²) in [5.41, 5.74) is 0. The third-order valence-corrected chi connectivity index (χ3v) is 8.80. The molecule has 29 heavy (non-hydrogen) atoms. The van der Waals surface area contributed by atoms with Crippen LogP contribution in [-0.2, 0) is 24.8 Å². The highest BCUT2D eigenvalue weighted by Crippen LogP contribution is 2.21. The van der Waals surface area contributed by atoms with E-state index < -0.39 is 20.0 Å². The van der Waals surface area contributed by atoms with Crippen molar-refractivity contribution in [1.82, 2.24) is 13.9 Å². The highest BCUT2D eigenvalue weighted by Gasteiger charge is 2.27. The summed E-state index contributed by atoms with van der Waals surface area (Å²) >= 11 is 0. The number of benzene rings is 1. The Bertz CT molecular complexity index is 871. The Kier molecular flexibility index (Phi) is 7.34. The second kappa shape index (κ2) is 9.40. The first-order chi connectivity index (χ1) is 13.7. The van der Waals surface area contributed by atoms with E-state index in [2.05, 4.69) is 23.5 Å². The minimum atomic E-state index is -3.68. The molecule has 10 heteroatoms. The number of nitrogens with one attached hydrogen (secondary N) is 1. The lowest BCUT2D eigenvalue weighted by Gasteiger charge is -2.34. The topological polar surface area (TPSA) is 96.0 Å². The molecule has 0 aliphatic carbocycles. The van der Waals surface area contributed by atoms with Gasteiger partial charge in [-0.25, -0.2) is 21.6 Å². The van der Waals surface area contributed by atoms with Crippen LogP contribution in [-0.4, -0.2) is 78.5 Å². The molecule has 2 heterocycles. The quantitative estimate of drug-likeness (QED) is 0.672. The van der Waals surface area contributed by atoms with Crippen LogP contribution in [0.15, 0.2) is 34.1 Å². The SMILES string of the molecule is C[C@@H]1C[C@@H](C)CN(CCNS(=O)(=O)c2ccc(S(=O)(=O)N3CCOCC3)cc2)C1. The Morgan fingerprint density at radius 1 is 0.966 bits per heavy atom. The van der Waals surface area contributed by atoms with Gasteiger partial charge in [-0.1, -0.05) is 13.8 Å². The van der Waals surface area contributed by atoms with Crippen molar-refractivity contribution >= 4 is 20.0 Å². The van der Waals surface area contributed by atoms with E-state index in [1.165, 1.54) is 35.0 Å². The predicted octanol–water partition coefficient (Wildman–Crippen LogP) is 0.964. The first kappa shape index (κ1) is 22.6. The van der Waals surface area contributed by atoms with Gasteiger partial charge in [-0.2, -0.15) is 4.31 Å². The van der Waals surface area contributed by atoms with Gasteiger partial charge in [-0.05, 0) is 42.5 Å². The Morgan fingerprint density at radius 2 is 1.52 bits per heavy atom. The van der Waals surface area contributed by atoms with Gasteiger partial charge in [-0.15, -0.1) is 0 Å². The van der Waals surface area contributed by atoms with Crippen LogP contribution >= 0.6 is 0 Å². The van der Waals surface area contributed by atoms with Crippen molar-refractivity contribution in [3.8, 4) is 0 Å². The maximum Gasteiger partial charge on any atom is 0.243 e. The molecule has 0 amide bonds. The zero-order chi connectivity index (χ0) is 21.1. The van der Waals surface area contributed by atoms with Crippen molar-refractivity contribution in [3.63, 3.8) is 0 Å². The second-order valence-electron chi connectivity index (χ2n) is 8.09. The number of nitrogens with zero attached hydrogens (tertiary/aromatic N) is 2. The van der Waals surface area contributed by atoms with Crippen LogP contribution in [0.3, 0.4) is 0 Å². The standard InChI is InChI=1S/C19H31N3O5S2/c1-16-13-17(2)15-21(14-16)8-7-20-28(23,24)18-3-5-19(6-4-18)29(25,26)22-9-11-27-12-10-22/h3-6,16-17,20H,7-15H2,1-2H3/t16-,17-/m1/s1. The van der Waals surface area contributed by atoms with E-state index in [1.54, 1.807) is 0 Å². The highest BCUT2D eigenvalue weighted by atomic mass is 32.2. The van der Waals surface area contributed by atoms with E-state index >= 15 is 0 Å². The first-order valence-corrected chi connectivity index (χ1v) is 13.0. The molecule has 2 saturated heterocycles. The summed E-state index contributed by atoms with van der Waals surface area (Å²) in [4.78, 5) is 2.45. The van der Waals surface area contributed by atoms with Crippen molar-refractivity contribution in [3.05, 3.63) is 24.3 Å². The van der Waals surface area contributed by atoms with Crippen molar-refractivity contribution in [2.45, 2.75) is 30.1 Å². The summed E-state index contributed by atoms with van der Waals surface area (Å²) < 4.78 is 59.6. The number of hydrogen-bond acceptors (Lipinski definition) is 6. The van der Waals surface area contributed by atoms with Crippen molar-refractivity contribution in [1.29, 1.82) is 0 Å². The molecular weight excluding hydrogens is 414 g/mol. The molecular formula is C19H31N3O5S2. The van der Waals surface area contributed by atoms with Crippen LogP contribution < -0.4 is 4.72 Å². The molecule has 2 atom stereocenters. The summed E-state index contributed by atoms with van der Waals surface area (Å²) in [7, 11) is -7.32. The molecule has 1 aromatic carbocycles. The molecule has 1 aromatic rings. The molecule has 2 fully saturated rings. The van der Waals surface area contributed by atoms with Crippen LogP contribution in [0.2, 0.25) is 0 Å². The number of ether oxygens (including phenoxy) is 1. The van der Waals surface area contributed by atoms with Gasteiger partial charge < -0.3 is 9.64 Å². The van der Waals surface area contributed by atoms with Gasteiger partial charge in [-0.3, -0.25) is 0 Å². The fraction of sp³-hybridized carbons (Fsp3) is 0.684. The largest absolute Gasteiger partial charge is 0.379 e. The van der Waals surface area contributed by atoms with Crippen LogP contribution in [0.4, 0.5) is 0 Å². The lowest BCUT2D eigenvalue weighted by Crippen LogP contribution is -2.42. The smallest absolute Gasteiger partial charge is 0.243 e. The molecule has 0 bridgehead atoms. The van der Waals surface area contributed by atoms with E-state index in [-0.39, 0.29) is 9.79 Å². The van der Waals surface area contributed by atoms with E-state index in [4.69, 9.17) is 4.74 Å². The Morgan fingerprint density at radius 3 is 2.10 bits per heavy atom. The molecule has 0 unspecified atom stereocenters. The van der Waals surface area contributed by atoms with Gasteiger partial charge in [0.15, 0.2) is 0 Å². The number of morpholine rings is 1. The third kappa shape index (κ3) is 5.77. The zero-order valence-electron chi connectivity index (χ0n) is 17.1. The normalized spacial score (nSPS) is 25.2. The number of piperidine rings is 1. The van der Waals surface area contributed by atoms with Gasteiger partial charge in [0.2, 0.25) is 20.0 Å². The van der Waals surface area contributed by atoms with Crippen LogP contribution in [0.25, 0.3) is 0 Å². The number of rotatable bonds is 7. The summed E-state index contributed by atoms with van der Waals surface area (Å²) in [6.45, 7) is 8.75. The monoisotopic (exact) mass is 445 g/mol. The van der Waals surface area contributed by atoms with Crippen molar-refractivity contribution < 1.29 is 21.6 Å². The average molecular weight is 446 g/mol. The Balaban J connectivity index is 1.59. The van der Waals surface area contributed by atoms with E-state index in [1.807, 2.05) is 0 Å². The lowest BCUT2D eigenvalue weighted by atomic mass is 9.92. The predicted molar refractivity (Wildman–Crippen MR) is 111 cm³/mol. The molecule has 1 N–H and O–H groups in total. The Labute approximate surface area is 174 Å². The minimum absolute atomic E-state index is 0.0683. The molecule has 0 saturated carbocycles. The van der Waals surface area contributed by atoms with Gasteiger partial charge in [0.1, 0.15) is 0 Å². The Hall–Kier alpha value is -1.04. The summed E-state index contributed by atoms with van der Waals surface area (Å²) in [5.74, 6) is 1.24. The van der Waals surface area contributed by atoms with Crippen LogP contribution in [0.1, 0.15) is 20.3 Å². The molecule has 0 spiro atoms. The molecule has 0 radical (unpaired) electrons. The summed E-state index contributed by atoms with van der Waals surface area (Å²) in [5, 5.41) is 0. The molecule has 2 aliphatic rings. The van der Waals surface area contributed by atoms with Crippen LogP contribution in [0.5, 0.6) is 0 Å². The zero-order valence-corrected chi connectivity index (χ0v) is 18.7. The van der Waals surface area contributed by atoms with E-state index in [0.29, 0.717) is 51.2 Å². The second-order valence-corrected chi connectivity index (χ2v) is 11.8. The van der Waals surface area contributed by atoms with Gasteiger partial charge in [0.05, 0.1) is 23.0 Å². The van der Waals surface area contributed by atoms with E-state index in [0.717, 1.165) is 13.1 Å². The minimum Gasteiger partial charge on any atom is -0.379 e. The van der Waals surface area contributed by atoms with Gasteiger partial charge in [0, 0.05) is 39.3 Å². The molecule has 3 rings (SSSR count). The first-order valence-electron chi connectivity index (χ1n) is 10.1.